The fourth-order valence-electron chi connectivity index (χ4n) is 2.64. The Labute approximate surface area is 108 Å². The molecule has 0 amide bonds. The van der Waals surface area contributed by atoms with Crippen LogP contribution in [-0.2, 0) is 11.3 Å². The van der Waals surface area contributed by atoms with Crippen molar-refractivity contribution in [3.05, 3.63) is 16.8 Å². The van der Waals surface area contributed by atoms with Crippen LogP contribution in [0.1, 0.15) is 36.6 Å². The minimum atomic E-state index is 0.218. The lowest BCUT2D eigenvalue weighted by atomic mass is 9.82. The third kappa shape index (κ3) is 2.11. The molecule has 0 saturated carbocycles. The lowest BCUT2D eigenvalue weighted by Gasteiger charge is -2.34. The average molecular weight is 247 g/mol. The molecule has 1 fully saturated rings. The molecule has 0 unspecified atom stereocenters. The van der Waals surface area contributed by atoms with E-state index in [9.17, 15) is 0 Å². The van der Waals surface area contributed by atoms with Gasteiger partial charge in [-0.2, -0.15) is 5.26 Å². The summed E-state index contributed by atoms with van der Waals surface area (Å²) in [7, 11) is 0. The Morgan fingerprint density at radius 2 is 2.00 bits per heavy atom. The van der Waals surface area contributed by atoms with E-state index < -0.39 is 0 Å². The van der Waals surface area contributed by atoms with E-state index in [2.05, 4.69) is 17.6 Å². The Morgan fingerprint density at radius 3 is 2.50 bits per heavy atom. The Kier molecular flexibility index (Phi) is 3.36. The van der Waals surface area contributed by atoms with Crippen molar-refractivity contribution in [3.63, 3.8) is 0 Å². The molecule has 0 spiro atoms. The summed E-state index contributed by atoms with van der Waals surface area (Å²) in [5.41, 5.74) is 9.06. The van der Waals surface area contributed by atoms with Crippen LogP contribution in [0.15, 0.2) is 0 Å². The highest BCUT2D eigenvalue weighted by Crippen LogP contribution is 2.35. The van der Waals surface area contributed by atoms with Gasteiger partial charge in [-0.05, 0) is 37.7 Å². The second kappa shape index (κ2) is 4.66. The topological polar surface area (TPSA) is 64.0 Å². The first-order valence-electron chi connectivity index (χ1n) is 6.41. The van der Waals surface area contributed by atoms with Gasteiger partial charge in [0, 0.05) is 25.5 Å². The number of anilines is 1. The quantitative estimate of drug-likeness (QED) is 0.872. The van der Waals surface area contributed by atoms with E-state index in [0.717, 1.165) is 43.9 Å². The van der Waals surface area contributed by atoms with E-state index >= 15 is 0 Å². The third-order valence-electron chi connectivity index (χ3n) is 4.22. The first kappa shape index (κ1) is 13.0. The average Bonchev–Trinajstić information content (AvgIpc) is 2.54. The second-order valence-electron chi connectivity index (χ2n) is 5.59. The van der Waals surface area contributed by atoms with Crippen molar-refractivity contribution in [2.45, 2.75) is 40.2 Å². The number of ether oxygens (including phenoxy) is 1. The summed E-state index contributed by atoms with van der Waals surface area (Å²) < 4.78 is 7.52. The molecule has 0 radical (unpaired) electrons. The fraction of sp³-hybridized carbons (Fsp3) is 0.643. The Balaban J connectivity index is 2.32. The van der Waals surface area contributed by atoms with Crippen molar-refractivity contribution in [2.24, 2.45) is 5.41 Å². The molecule has 0 bridgehead atoms. The van der Waals surface area contributed by atoms with E-state index in [0.29, 0.717) is 11.4 Å². The second-order valence-corrected chi connectivity index (χ2v) is 5.59. The molecule has 4 heteroatoms. The summed E-state index contributed by atoms with van der Waals surface area (Å²) in [6.45, 7) is 8.79. The normalized spacial score (nSPS) is 18.6. The zero-order valence-electron chi connectivity index (χ0n) is 11.4. The molecule has 0 aromatic carbocycles. The molecule has 0 aliphatic carbocycles. The van der Waals surface area contributed by atoms with Gasteiger partial charge in [0.25, 0.3) is 0 Å². The van der Waals surface area contributed by atoms with E-state index in [1.165, 1.54) is 0 Å². The Hall–Kier alpha value is -1.47. The zero-order chi connectivity index (χ0) is 13.3. The van der Waals surface area contributed by atoms with Crippen molar-refractivity contribution < 1.29 is 4.74 Å². The standard InChI is InChI=1S/C14H21N3O/c1-10-11(2)17(13(16)12(10)8-15)9-14(3)4-6-18-7-5-14/h4-7,9,16H2,1-3H3. The molecule has 2 N–H and O–H groups in total. The highest BCUT2D eigenvalue weighted by atomic mass is 16.5. The molecule has 18 heavy (non-hydrogen) atoms. The van der Waals surface area contributed by atoms with Gasteiger partial charge in [-0.1, -0.05) is 6.92 Å². The van der Waals surface area contributed by atoms with Crippen LogP contribution in [0, 0.1) is 30.6 Å². The highest BCUT2D eigenvalue weighted by molar-refractivity contribution is 5.57. The van der Waals surface area contributed by atoms with Gasteiger partial charge in [-0.15, -0.1) is 0 Å². The minimum Gasteiger partial charge on any atom is -0.384 e. The number of nitrogen functional groups attached to an aromatic ring is 1. The molecule has 2 rings (SSSR count). The van der Waals surface area contributed by atoms with Crippen molar-refractivity contribution in [1.29, 1.82) is 5.26 Å². The predicted molar refractivity (Wildman–Crippen MR) is 71.2 cm³/mol. The van der Waals surface area contributed by atoms with Crippen molar-refractivity contribution in [2.75, 3.05) is 18.9 Å². The van der Waals surface area contributed by atoms with E-state index in [4.69, 9.17) is 15.7 Å². The fourth-order valence-corrected chi connectivity index (χ4v) is 2.64. The summed E-state index contributed by atoms with van der Waals surface area (Å²) in [6, 6.07) is 2.20. The van der Waals surface area contributed by atoms with Gasteiger partial charge in [0.05, 0.1) is 5.56 Å². The van der Waals surface area contributed by atoms with Crippen LogP contribution in [0.25, 0.3) is 0 Å². The van der Waals surface area contributed by atoms with E-state index in [1.807, 2.05) is 13.8 Å². The Bertz CT molecular complexity index is 490. The summed E-state index contributed by atoms with van der Waals surface area (Å²) >= 11 is 0. The summed E-state index contributed by atoms with van der Waals surface area (Å²) in [5, 5.41) is 9.14. The molecule has 1 aromatic heterocycles. The monoisotopic (exact) mass is 247 g/mol. The number of nitrogens with zero attached hydrogens (tertiary/aromatic N) is 2. The van der Waals surface area contributed by atoms with E-state index in [1.54, 1.807) is 0 Å². The van der Waals surface area contributed by atoms with Crippen LogP contribution in [0.4, 0.5) is 5.82 Å². The molecule has 1 aliphatic rings. The van der Waals surface area contributed by atoms with Crippen LogP contribution in [-0.4, -0.2) is 17.8 Å². The SMILES string of the molecule is Cc1c(C#N)c(N)n(CC2(C)CCOCC2)c1C. The summed E-state index contributed by atoms with van der Waals surface area (Å²) in [6.07, 6.45) is 2.09. The number of nitrogens with two attached hydrogens (primary N) is 1. The molecule has 98 valence electrons. The summed E-state index contributed by atoms with van der Waals surface area (Å²) in [5.74, 6) is 0.611. The van der Waals surface area contributed by atoms with Crippen LogP contribution in [0.2, 0.25) is 0 Å². The maximum atomic E-state index is 9.14. The van der Waals surface area contributed by atoms with Gasteiger partial charge in [0.1, 0.15) is 11.9 Å². The van der Waals surface area contributed by atoms with Crippen LogP contribution in [0.3, 0.4) is 0 Å². The zero-order valence-corrected chi connectivity index (χ0v) is 11.4. The van der Waals surface area contributed by atoms with E-state index in [-0.39, 0.29) is 5.41 Å². The molecule has 4 nitrogen and oxygen atoms in total. The highest BCUT2D eigenvalue weighted by Gasteiger charge is 2.29. The predicted octanol–water partition coefficient (Wildman–Crippen LogP) is 2.38. The van der Waals surface area contributed by atoms with Crippen LogP contribution in [0.5, 0.6) is 0 Å². The maximum absolute atomic E-state index is 9.14. The molecule has 1 saturated heterocycles. The van der Waals surface area contributed by atoms with Crippen molar-refractivity contribution in [3.8, 4) is 6.07 Å². The van der Waals surface area contributed by atoms with Crippen LogP contribution < -0.4 is 5.73 Å². The number of hydrogen-bond acceptors (Lipinski definition) is 3. The first-order valence-corrected chi connectivity index (χ1v) is 6.41. The van der Waals surface area contributed by atoms with Gasteiger partial charge in [0.15, 0.2) is 0 Å². The molecular formula is C14H21N3O. The molecular weight excluding hydrogens is 226 g/mol. The van der Waals surface area contributed by atoms with Gasteiger partial charge in [-0.3, -0.25) is 0 Å². The lowest BCUT2D eigenvalue weighted by Crippen LogP contribution is -2.31. The third-order valence-corrected chi connectivity index (χ3v) is 4.22. The van der Waals surface area contributed by atoms with Gasteiger partial charge < -0.3 is 15.0 Å². The molecule has 0 atom stereocenters. The van der Waals surface area contributed by atoms with Gasteiger partial charge in [0.2, 0.25) is 0 Å². The van der Waals surface area contributed by atoms with Crippen molar-refractivity contribution in [1.82, 2.24) is 4.57 Å². The Morgan fingerprint density at radius 1 is 1.39 bits per heavy atom. The number of aromatic nitrogens is 1. The van der Waals surface area contributed by atoms with Crippen LogP contribution >= 0.6 is 0 Å². The number of hydrogen-bond donors (Lipinski definition) is 1. The lowest BCUT2D eigenvalue weighted by molar-refractivity contribution is 0.0156. The molecule has 2 heterocycles. The number of nitriles is 1. The molecule has 1 aliphatic heterocycles. The number of rotatable bonds is 2. The first-order chi connectivity index (χ1) is 8.48. The van der Waals surface area contributed by atoms with Gasteiger partial charge in [-0.25, -0.2) is 0 Å². The smallest absolute Gasteiger partial charge is 0.122 e. The van der Waals surface area contributed by atoms with Gasteiger partial charge >= 0.3 is 0 Å². The molecule has 1 aromatic rings. The largest absolute Gasteiger partial charge is 0.384 e. The maximum Gasteiger partial charge on any atom is 0.122 e. The minimum absolute atomic E-state index is 0.218. The van der Waals surface area contributed by atoms with Crippen molar-refractivity contribution >= 4 is 5.82 Å². The summed E-state index contributed by atoms with van der Waals surface area (Å²) in [4.78, 5) is 0.